The second kappa shape index (κ2) is 7.96. The zero-order chi connectivity index (χ0) is 19.3. The molecule has 1 atom stereocenters. The van der Waals surface area contributed by atoms with Crippen molar-refractivity contribution in [3.8, 4) is 5.75 Å². The SMILES string of the molecule is COc1ccc(C2C/C(=C\C(=O)c3ccccc3)Nc3cccnc3N2)cc1. The predicted molar refractivity (Wildman–Crippen MR) is 111 cm³/mol. The first-order valence-electron chi connectivity index (χ1n) is 9.15. The van der Waals surface area contributed by atoms with Gasteiger partial charge < -0.3 is 15.4 Å². The Morgan fingerprint density at radius 1 is 1.07 bits per heavy atom. The van der Waals surface area contributed by atoms with E-state index in [1.165, 1.54) is 0 Å². The van der Waals surface area contributed by atoms with Crippen LogP contribution in [0.25, 0.3) is 0 Å². The quantitative estimate of drug-likeness (QED) is 0.508. The summed E-state index contributed by atoms with van der Waals surface area (Å²) in [6.07, 6.45) is 4.05. The number of ketones is 1. The summed E-state index contributed by atoms with van der Waals surface area (Å²) in [5.74, 6) is 1.55. The Balaban J connectivity index is 1.68. The van der Waals surface area contributed by atoms with Crippen molar-refractivity contribution in [1.29, 1.82) is 0 Å². The van der Waals surface area contributed by atoms with Crippen LogP contribution < -0.4 is 15.4 Å². The minimum Gasteiger partial charge on any atom is -0.497 e. The number of hydrogen-bond acceptors (Lipinski definition) is 5. The molecular weight excluding hydrogens is 350 g/mol. The molecule has 0 amide bonds. The average Bonchev–Trinajstić information content (AvgIpc) is 2.93. The fourth-order valence-electron chi connectivity index (χ4n) is 3.26. The first-order valence-corrected chi connectivity index (χ1v) is 9.15. The van der Waals surface area contributed by atoms with Crippen LogP contribution in [0, 0.1) is 0 Å². The smallest absolute Gasteiger partial charge is 0.187 e. The molecule has 0 fully saturated rings. The molecule has 140 valence electrons. The van der Waals surface area contributed by atoms with E-state index in [9.17, 15) is 4.79 Å². The lowest BCUT2D eigenvalue weighted by Gasteiger charge is -2.18. The van der Waals surface area contributed by atoms with Crippen molar-refractivity contribution in [3.63, 3.8) is 0 Å². The molecule has 5 nitrogen and oxygen atoms in total. The minimum atomic E-state index is -0.0241. The minimum absolute atomic E-state index is 0.0237. The molecule has 5 heteroatoms. The van der Waals surface area contributed by atoms with Gasteiger partial charge in [-0.15, -0.1) is 0 Å². The van der Waals surface area contributed by atoms with E-state index in [2.05, 4.69) is 15.6 Å². The van der Waals surface area contributed by atoms with Gasteiger partial charge in [0.2, 0.25) is 0 Å². The third-order valence-electron chi connectivity index (χ3n) is 4.72. The molecule has 28 heavy (non-hydrogen) atoms. The fraction of sp³-hybridized carbons (Fsp3) is 0.130. The molecule has 0 spiro atoms. The summed E-state index contributed by atoms with van der Waals surface area (Å²) in [6, 6.07) is 21.0. The molecule has 4 rings (SSSR count). The van der Waals surface area contributed by atoms with E-state index >= 15 is 0 Å². The highest BCUT2D eigenvalue weighted by atomic mass is 16.5. The number of methoxy groups -OCH3 is 1. The number of ether oxygens (including phenoxy) is 1. The Labute approximate surface area is 164 Å². The Bertz CT molecular complexity index is 998. The van der Waals surface area contributed by atoms with Gasteiger partial charge in [-0.1, -0.05) is 42.5 Å². The molecule has 0 saturated carbocycles. The molecule has 3 aromatic rings. The third kappa shape index (κ3) is 3.88. The van der Waals surface area contributed by atoms with Crippen LogP contribution in [-0.4, -0.2) is 17.9 Å². The van der Waals surface area contributed by atoms with Gasteiger partial charge in [0, 0.05) is 30.0 Å². The number of fused-ring (bicyclic) bond motifs is 1. The summed E-state index contributed by atoms with van der Waals surface area (Å²) in [7, 11) is 1.65. The molecule has 1 aromatic heterocycles. The lowest BCUT2D eigenvalue weighted by Crippen LogP contribution is -2.11. The second-order valence-electron chi connectivity index (χ2n) is 6.60. The number of pyridine rings is 1. The largest absolute Gasteiger partial charge is 0.497 e. The lowest BCUT2D eigenvalue weighted by molar-refractivity contribution is 0.104. The maximum Gasteiger partial charge on any atom is 0.187 e. The van der Waals surface area contributed by atoms with Crippen LogP contribution in [0.5, 0.6) is 5.75 Å². The Hall–Kier alpha value is -3.60. The molecule has 0 radical (unpaired) electrons. The molecule has 1 aliphatic heterocycles. The number of carbonyl (C=O) groups is 1. The van der Waals surface area contributed by atoms with Crippen LogP contribution in [0.4, 0.5) is 11.5 Å². The number of anilines is 2. The van der Waals surface area contributed by atoms with Crippen molar-refractivity contribution in [3.05, 3.63) is 95.8 Å². The summed E-state index contributed by atoms with van der Waals surface area (Å²) < 4.78 is 5.26. The summed E-state index contributed by atoms with van der Waals surface area (Å²) in [5, 5.41) is 6.86. The molecule has 1 unspecified atom stereocenters. The van der Waals surface area contributed by atoms with Gasteiger partial charge in [0.25, 0.3) is 0 Å². The Kier molecular flexibility index (Phi) is 5.06. The van der Waals surface area contributed by atoms with Gasteiger partial charge in [0.05, 0.1) is 18.8 Å². The van der Waals surface area contributed by atoms with Crippen molar-refractivity contribution in [2.24, 2.45) is 0 Å². The highest BCUT2D eigenvalue weighted by Gasteiger charge is 2.21. The van der Waals surface area contributed by atoms with Crippen LogP contribution in [0.2, 0.25) is 0 Å². The van der Waals surface area contributed by atoms with E-state index in [0.717, 1.165) is 28.5 Å². The predicted octanol–water partition coefficient (Wildman–Crippen LogP) is 4.83. The zero-order valence-electron chi connectivity index (χ0n) is 15.6. The molecule has 0 aliphatic carbocycles. The standard InChI is InChI=1S/C23H21N3O2/c1-28-19-11-9-16(10-12-19)21-14-18(15-22(27)17-6-3-2-4-7-17)25-20-8-5-13-24-23(20)26-21/h2-13,15,21,25H,14H2,1H3,(H,24,26)/b18-15+. The first-order chi connectivity index (χ1) is 13.7. The molecular formula is C23H21N3O2. The molecule has 2 aromatic carbocycles. The summed E-state index contributed by atoms with van der Waals surface area (Å²) in [4.78, 5) is 17.1. The van der Waals surface area contributed by atoms with Gasteiger partial charge in [-0.25, -0.2) is 4.98 Å². The number of nitrogens with one attached hydrogen (secondary N) is 2. The first kappa shape index (κ1) is 17.8. The number of aromatic nitrogens is 1. The Morgan fingerprint density at radius 2 is 1.86 bits per heavy atom. The number of benzene rings is 2. The molecule has 1 aliphatic rings. The number of hydrogen-bond donors (Lipinski definition) is 2. The fourth-order valence-corrected chi connectivity index (χ4v) is 3.26. The highest BCUT2D eigenvalue weighted by molar-refractivity contribution is 6.05. The third-order valence-corrected chi connectivity index (χ3v) is 4.72. The van der Waals surface area contributed by atoms with Gasteiger partial charge in [-0.2, -0.15) is 0 Å². The molecule has 0 bridgehead atoms. The van der Waals surface area contributed by atoms with E-state index in [1.54, 1.807) is 19.4 Å². The van der Waals surface area contributed by atoms with Gasteiger partial charge in [-0.05, 0) is 29.8 Å². The van der Waals surface area contributed by atoms with Crippen LogP contribution in [0.1, 0.15) is 28.4 Å². The summed E-state index contributed by atoms with van der Waals surface area (Å²) in [5.41, 5.74) is 3.46. The molecule has 2 N–H and O–H groups in total. The van der Waals surface area contributed by atoms with Crippen molar-refractivity contribution in [2.45, 2.75) is 12.5 Å². The number of rotatable bonds is 4. The number of nitrogens with zero attached hydrogens (tertiary/aromatic N) is 1. The molecule has 2 heterocycles. The number of allylic oxidation sites excluding steroid dienone is 1. The maximum atomic E-state index is 12.7. The average molecular weight is 371 g/mol. The van der Waals surface area contributed by atoms with Gasteiger partial charge >= 0.3 is 0 Å². The van der Waals surface area contributed by atoms with Crippen LogP contribution in [0.15, 0.2) is 84.7 Å². The van der Waals surface area contributed by atoms with Gasteiger partial charge in [-0.3, -0.25) is 4.79 Å². The van der Waals surface area contributed by atoms with Gasteiger partial charge in [0.15, 0.2) is 5.78 Å². The topological polar surface area (TPSA) is 63.2 Å². The van der Waals surface area contributed by atoms with Crippen molar-refractivity contribution in [1.82, 2.24) is 4.98 Å². The maximum absolute atomic E-state index is 12.7. The van der Waals surface area contributed by atoms with Crippen LogP contribution in [-0.2, 0) is 0 Å². The zero-order valence-corrected chi connectivity index (χ0v) is 15.6. The van der Waals surface area contributed by atoms with E-state index in [-0.39, 0.29) is 11.8 Å². The van der Waals surface area contributed by atoms with Crippen LogP contribution >= 0.6 is 0 Å². The van der Waals surface area contributed by atoms with E-state index < -0.39 is 0 Å². The molecule has 0 saturated heterocycles. The second-order valence-corrected chi connectivity index (χ2v) is 6.60. The highest BCUT2D eigenvalue weighted by Crippen LogP contribution is 2.34. The Morgan fingerprint density at radius 3 is 2.61 bits per heavy atom. The van der Waals surface area contributed by atoms with Crippen molar-refractivity contribution in [2.75, 3.05) is 17.7 Å². The van der Waals surface area contributed by atoms with E-state index in [0.29, 0.717) is 12.0 Å². The summed E-state index contributed by atoms with van der Waals surface area (Å²) >= 11 is 0. The van der Waals surface area contributed by atoms with E-state index in [4.69, 9.17) is 4.74 Å². The lowest BCUT2D eigenvalue weighted by atomic mass is 10.0. The van der Waals surface area contributed by atoms with E-state index in [1.807, 2.05) is 66.7 Å². The number of carbonyl (C=O) groups excluding carboxylic acids is 1. The van der Waals surface area contributed by atoms with Crippen molar-refractivity contribution < 1.29 is 9.53 Å². The van der Waals surface area contributed by atoms with Gasteiger partial charge in [0.1, 0.15) is 11.6 Å². The van der Waals surface area contributed by atoms with Crippen molar-refractivity contribution >= 4 is 17.3 Å². The monoisotopic (exact) mass is 371 g/mol. The van der Waals surface area contributed by atoms with Crippen LogP contribution in [0.3, 0.4) is 0 Å². The summed E-state index contributed by atoms with van der Waals surface area (Å²) in [6.45, 7) is 0. The normalized spacial score (nSPS) is 17.0.